The van der Waals surface area contributed by atoms with Gasteiger partial charge in [-0.05, 0) is 35.4 Å². The summed E-state index contributed by atoms with van der Waals surface area (Å²) in [4.78, 5) is 11.8. The topological polar surface area (TPSA) is 50.7 Å². The second kappa shape index (κ2) is 7.93. The standard InChI is InChI=1S/C21H18N2O2/c1-25-21(24)17-10-7-9-16(14-17)20-13-6-5-8-18(20)15-22-23-19-11-3-2-4-12-19/h2-15,23H,1H3. The van der Waals surface area contributed by atoms with Crippen LogP contribution >= 0.6 is 0 Å². The van der Waals surface area contributed by atoms with Crippen LogP contribution in [0.4, 0.5) is 5.69 Å². The molecule has 0 atom stereocenters. The largest absolute Gasteiger partial charge is 0.465 e. The molecule has 0 amide bonds. The minimum atomic E-state index is -0.348. The molecule has 4 nitrogen and oxygen atoms in total. The smallest absolute Gasteiger partial charge is 0.337 e. The number of carbonyl (C=O) groups is 1. The minimum absolute atomic E-state index is 0.348. The van der Waals surface area contributed by atoms with Crippen molar-refractivity contribution in [2.24, 2.45) is 5.10 Å². The summed E-state index contributed by atoms with van der Waals surface area (Å²) in [6.45, 7) is 0. The first kappa shape index (κ1) is 16.5. The zero-order valence-corrected chi connectivity index (χ0v) is 13.8. The Labute approximate surface area is 146 Å². The number of methoxy groups -OCH3 is 1. The van der Waals surface area contributed by atoms with Crippen LogP contribution in [0.3, 0.4) is 0 Å². The van der Waals surface area contributed by atoms with Crippen LogP contribution in [0.2, 0.25) is 0 Å². The molecule has 3 aromatic rings. The Morgan fingerprint density at radius 2 is 1.72 bits per heavy atom. The Hall–Kier alpha value is -3.40. The van der Waals surface area contributed by atoms with Crippen LogP contribution in [0.25, 0.3) is 11.1 Å². The summed E-state index contributed by atoms with van der Waals surface area (Å²) in [5, 5.41) is 4.31. The van der Waals surface area contributed by atoms with Crippen molar-refractivity contribution < 1.29 is 9.53 Å². The van der Waals surface area contributed by atoms with Gasteiger partial charge < -0.3 is 4.74 Å². The van der Waals surface area contributed by atoms with Gasteiger partial charge in [0, 0.05) is 5.56 Å². The van der Waals surface area contributed by atoms with Gasteiger partial charge in [0.15, 0.2) is 0 Å². The Morgan fingerprint density at radius 3 is 2.52 bits per heavy atom. The number of nitrogens with one attached hydrogen (secondary N) is 1. The van der Waals surface area contributed by atoms with E-state index in [0.717, 1.165) is 22.4 Å². The highest BCUT2D eigenvalue weighted by atomic mass is 16.5. The van der Waals surface area contributed by atoms with Crippen LogP contribution in [0.5, 0.6) is 0 Å². The highest BCUT2D eigenvalue weighted by Crippen LogP contribution is 2.24. The number of nitrogens with zero attached hydrogens (tertiary/aromatic N) is 1. The first-order valence-corrected chi connectivity index (χ1v) is 7.90. The zero-order chi connectivity index (χ0) is 17.5. The van der Waals surface area contributed by atoms with Crippen LogP contribution in [-0.4, -0.2) is 19.3 Å². The van der Waals surface area contributed by atoms with Crippen molar-refractivity contribution in [3.8, 4) is 11.1 Å². The Bertz CT molecular complexity index is 889. The van der Waals surface area contributed by atoms with E-state index in [-0.39, 0.29) is 5.97 Å². The van der Waals surface area contributed by atoms with Gasteiger partial charge >= 0.3 is 5.97 Å². The molecular formula is C21H18N2O2. The number of para-hydroxylation sites is 1. The van der Waals surface area contributed by atoms with Crippen molar-refractivity contribution in [2.75, 3.05) is 12.5 Å². The quantitative estimate of drug-likeness (QED) is 0.423. The lowest BCUT2D eigenvalue weighted by molar-refractivity contribution is 0.0601. The van der Waals surface area contributed by atoms with E-state index in [4.69, 9.17) is 4.74 Å². The normalized spacial score (nSPS) is 10.6. The van der Waals surface area contributed by atoms with Crippen molar-refractivity contribution in [3.05, 3.63) is 90.0 Å². The first-order chi connectivity index (χ1) is 12.3. The van der Waals surface area contributed by atoms with Crippen molar-refractivity contribution in [1.82, 2.24) is 0 Å². The number of hydrogen-bond acceptors (Lipinski definition) is 4. The summed E-state index contributed by atoms with van der Waals surface area (Å²) in [6.07, 6.45) is 1.77. The van der Waals surface area contributed by atoms with E-state index in [1.165, 1.54) is 7.11 Å². The molecule has 0 heterocycles. The lowest BCUT2D eigenvalue weighted by Gasteiger charge is -2.08. The first-order valence-electron chi connectivity index (χ1n) is 7.90. The molecule has 4 heteroatoms. The van der Waals surface area contributed by atoms with Gasteiger partial charge in [-0.3, -0.25) is 5.43 Å². The summed E-state index contributed by atoms with van der Waals surface area (Å²) in [7, 11) is 1.38. The molecule has 0 saturated heterocycles. The van der Waals surface area contributed by atoms with Gasteiger partial charge in [-0.25, -0.2) is 4.79 Å². The highest BCUT2D eigenvalue weighted by molar-refractivity contribution is 5.94. The third kappa shape index (κ3) is 4.12. The van der Waals surface area contributed by atoms with Gasteiger partial charge in [0.1, 0.15) is 0 Å². The monoisotopic (exact) mass is 330 g/mol. The second-order valence-corrected chi connectivity index (χ2v) is 5.40. The van der Waals surface area contributed by atoms with Crippen LogP contribution in [0, 0.1) is 0 Å². The average Bonchev–Trinajstić information content (AvgIpc) is 2.68. The highest BCUT2D eigenvalue weighted by Gasteiger charge is 2.08. The minimum Gasteiger partial charge on any atom is -0.465 e. The maximum atomic E-state index is 11.8. The fourth-order valence-corrected chi connectivity index (χ4v) is 2.49. The summed E-state index contributed by atoms with van der Waals surface area (Å²) < 4.78 is 4.80. The van der Waals surface area contributed by atoms with Crippen LogP contribution in [0.1, 0.15) is 15.9 Å². The van der Waals surface area contributed by atoms with Crippen LogP contribution in [0.15, 0.2) is 84.0 Å². The van der Waals surface area contributed by atoms with Crippen LogP contribution in [-0.2, 0) is 4.74 Å². The molecule has 25 heavy (non-hydrogen) atoms. The molecule has 1 N–H and O–H groups in total. The third-order valence-corrected chi connectivity index (χ3v) is 3.73. The van der Waals surface area contributed by atoms with Gasteiger partial charge in [-0.2, -0.15) is 5.10 Å². The summed E-state index contributed by atoms with van der Waals surface area (Å²) >= 11 is 0. The lowest BCUT2D eigenvalue weighted by Crippen LogP contribution is -2.01. The summed E-state index contributed by atoms with van der Waals surface area (Å²) in [5.41, 5.74) is 7.33. The van der Waals surface area contributed by atoms with Crippen molar-refractivity contribution in [3.63, 3.8) is 0 Å². The number of ether oxygens (including phenoxy) is 1. The predicted octanol–water partition coefficient (Wildman–Crippen LogP) is 4.59. The number of benzene rings is 3. The summed E-state index contributed by atoms with van der Waals surface area (Å²) in [5.74, 6) is -0.348. The van der Waals surface area contributed by atoms with Crippen molar-refractivity contribution >= 4 is 17.9 Å². The van der Waals surface area contributed by atoms with Gasteiger partial charge in [0.25, 0.3) is 0 Å². The molecular weight excluding hydrogens is 312 g/mol. The van der Waals surface area contributed by atoms with E-state index in [1.807, 2.05) is 72.8 Å². The zero-order valence-electron chi connectivity index (χ0n) is 13.8. The van der Waals surface area contributed by atoms with Gasteiger partial charge in [-0.1, -0.05) is 54.6 Å². The Balaban J connectivity index is 1.87. The Morgan fingerprint density at radius 1 is 0.960 bits per heavy atom. The second-order valence-electron chi connectivity index (χ2n) is 5.40. The summed E-state index contributed by atoms with van der Waals surface area (Å²) in [6, 6.07) is 25.0. The van der Waals surface area contributed by atoms with E-state index in [0.29, 0.717) is 5.56 Å². The number of hydrogen-bond donors (Lipinski definition) is 1. The number of carbonyl (C=O) groups excluding carboxylic acids is 1. The molecule has 3 rings (SSSR count). The van der Waals surface area contributed by atoms with Crippen molar-refractivity contribution in [2.45, 2.75) is 0 Å². The maximum Gasteiger partial charge on any atom is 0.337 e. The van der Waals surface area contributed by atoms with E-state index >= 15 is 0 Å². The van der Waals surface area contributed by atoms with Crippen LogP contribution < -0.4 is 5.43 Å². The number of rotatable bonds is 5. The molecule has 3 aromatic carbocycles. The molecule has 0 aliphatic rings. The van der Waals surface area contributed by atoms with Gasteiger partial charge in [0.2, 0.25) is 0 Å². The third-order valence-electron chi connectivity index (χ3n) is 3.73. The molecule has 124 valence electrons. The SMILES string of the molecule is COC(=O)c1cccc(-c2ccccc2C=NNc2ccccc2)c1. The van der Waals surface area contributed by atoms with E-state index in [2.05, 4.69) is 10.5 Å². The Kier molecular flexibility index (Phi) is 5.22. The van der Waals surface area contributed by atoms with Gasteiger partial charge in [-0.15, -0.1) is 0 Å². The number of esters is 1. The molecule has 0 aliphatic heterocycles. The lowest BCUT2D eigenvalue weighted by atomic mass is 9.98. The molecule has 0 unspecified atom stereocenters. The number of anilines is 1. The maximum absolute atomic E-state index is 11.8. The molecule has 0 aromatic heterocycles. The fourth-order valence-electron chi connectivity index (χ4n) is 2.49. The molecule has 0 spiro atoms. The fraction of sp³-hybridized carbons (Fsp3) is 0.0476. The molecule has 0 bridgehead atoms. The average molecular weight is 330 g/mol. The molecule has 0 fully saturated rings. The van der Waals surface area contributed by atoms with Gasteiger partial charge in [0.05, 0.1) is 24.6 Å². The molecule has 0 saturated carbocycles. The predicted molar refractivity (Wildman–Crippen MR) is 101 cm³/mol. The van der Waals surface area contributed by atoms with E-state index in [9.17, 15) is 4.79 Å². The van der Waals surface area contributed by atoms with E-state index in [1.54, 1.807) is 12.3 Å². The molecule has 0 aliphatic carbocycles. The van der Waals surface area contributed by atoms with E-state index < -0.39 is 0 Å². The van der Waals surface area contributed by atoms with Crippen molar-refractivity contribution in [1.29, 1.82) is 0 Å². The molecule has 0 radical (unpaired) electrons. The number of hydrazone groups is 1.